The van der Waals surface area contributed by atoms with Gasteiger partial charge in [0.1, 0.15) is 12.1 Å². The Morgan fingerprint density at radius 3 is 2.30 bits per heavy atom. The van der Waals surface area contributed by atoms with E-state index in [1.165, 1.54) is 0 Å². The standard InChI is InChI=1S/C21H35N5O4/c1-4-16-5-7-21(8-6-16)19(29)26(20(30)23-21)14-18(28)25-11-9-24(10-12-25)13-17(27)22-15(2)3/h15-16H,4-14H2,1-3H3,(H,22,27)(H,23,30). The van der Waals surface area contributed by atoms with Crippen molar-refractivity contribution in [3.63, 3.8) is 0 Å². The van der Waals surface area contributed by atoms with Crippen molar-refractivity contribution in [3.8, 4) is 0 Å². The van der Waals surface area contributed by atoms with Crippen LogP contribution in [-0.2, 0) is 14.4 Å². The topological polar surface area (TPSA) is 102 Å². The molecule has 0 bridgehead atoms. The van der Waals surface area contributed by atoms with Crippen molar-refractivity contribution in [2.24, 2.45) is 5.92 Å². The van der Waals surface area contributed by atoms with Crippen molar-refractivity contribution in [1.82, 2.24) is 25.3 Å². The minimum Gasteiger partial charge on any atom is -0.353 e. The summed E-state index contributed by atoms with van der Waals surface area (Å²) in [6.45, 7) is 8.26. The molecule has 2 heterocycles. The number of rotatable bonds is 6. The molecule has 0 aromatic carbocycles. The van der Waals surface area contributed by atoms with E-state index < -0.39 is 11.6 Å². The van der Waals surface area contributed by atoms with E-state index in [4.69, 9.17) is 0 Å². The van der Waals surface area contributed by atoms with E-state index in [-0.39, 0.29) is 30.3 Å². The predicted molar refractivity (Wildman–Crippen MR) is 112 cm³/mol. The van der Waals surface area contributed by atoms with Crippen LogP contribution in [-0.4, -0.2) is 89.3 Å². The minimum atomic E-state index is -0.814. The van der Waals surface area contributed by atoms with Crippen molar-refractivity contribution in [2.45, 2.75) is 64.5 Å². The molecular weight excluding hydrogens is 386 g/mol. The van der Waals surface area contributed by atoms with Gasteiger partial charge in [-0.25, -0.2) is 4.79 Å². The average Bonchev–Trinajstić information content (AvgIpc) is 2.92. The fraction of sp³-hybridized carbons (Fsp3) is 0.810. The van der Waals surface area contributed by atoms with Crippen molar-refractivity contribution < 1.29 is 19.2 Å². The summed E-state index contributed by atoms with van der Waals surface area (Å²) in [6.07, 6.45) is 4.24. The Labute approximate surface area is 178 Å². The van der Waals surface area contributed by atoms with Gasteiger partial charge in [0.2, 0.25) is 11.8 Å². The smallest absolute Gasteiger partial charge is 0.325 e. The van der Waals surface area contributed by atoms with Crippen LogP contribution in [0.4, 0.5) is 4.79 Å². The second-order valence-corrected chi connectivity index (χ2v) is 9.13. The lowest BCUT2D eigenvalue weighted by atomic mass is 9.75. The van der Waals surface area contributed by atoms with Crippen LogP contribution in [0.2, 0.25) is 0 Å². The van der Waals surface area contributed by atoms with Crippen LogP contribution in [0.1, 0.15) is 52.9 Å². The number of nitrogens with zero attached hydrogens (tertiary/aromatic N) is 3. The third kappa shape index (κ3) is 4.94. The first kappa shape index (κ1) is 22.5. The summed E-state index contributed by atoms with van der Waals surface area (Å²) in [6, 6.07) is -0.350. The van der Waals surface area contributed by atoms with Gasteiger partial charge in [0.15, 0.2) is 0 Å². The molecule has 3 fully saturated rings. The van der Waals surface area contributed by atoms with Gasteiger partial charge in [-0.15, -0.1) is 0 Å². The van der Waals surface area contributed by atoms with Crippen LogP contribution in [0, 0.1) is 5.92 Å². The van der Waals surface area contributed by atoms with Crippen LogP contribution in [0.5, 0.6) is 0 Å². The predicted octanol–water partition coefficient (Wildman–Crippen LogP) is 0.546. The molecule has 0 aromatic heterocycles. The van der Waals surface area contributed by atoms with Gasteiger partial charge in [0.25, 0.3) is 5.91 Å². The Morgan fingerprint density at radius 1 is 1.10 bits per heavy atom. The summed E-state index contributed by atoms with van der Waals surface area (Å²) in [4.78, 5) is 54.9. The molecule has 168 valence electrons. The zero-order valence-electron chi connectivity index (χ0n) is 18.4. The Balaban J connectivity index is 1.49. The molecular formula is C21H35N5O4. The van der Waals surface area contributed by atoms with Gasteiger partial charge in [0, 0.05) is 32.2 Å². The minimum absolute atomic E-state index is 0.0211. The molecule has 9 nitrogen and oxygen atoms in total. The van der Waals surface area contributed by atoms with Crippen molar-refractivity contribution in [3.05, 3.63) is 0 Å². The molecule has 30 heavy (non-hydrogen) atoms. The maximum absolute atomic E-state index is 13.0. The molecule has 0 radical (unpaired) electrons. The van der Waals surface area contributed by atoms with Crippen LogP contribution >= 0.6 is 0 Å². The number of carbonyl (C=O) groups excluding carboxylic acids is 4. The lowest BCUT2D eigenvalue weighted by Gasteiger charge is -2.35. The number of nitrogens with one attached hydrogen (secondary N) is 2. The van der Waals surface area contributed by atoms with E-state index in [0.29, 0.717) is 51.5 Å². The molecule has 5 amide bonds. The molecule has 1 aliphatic carbocycles. The van der Waals surface area contributed by atoms with Gasteiger partial charge in [0.05, 0.1) is 6.54 Å². The lowest BCUT2D eigenvalue weighted by molar-refractivity contribution is -0.140. The van der Waals surface area contributed by atoms with Gasteiger partial charge in [-0.3, -0.25) is 24.2 Å². The van der Waals surface area contributed by atoms with E-state index in [2.05, 4.69) is 17.6 Å². The quantitative estimate of drug-likeness (QED) is 0.610. The first-order valence-electron chi connectivity index (χ1n) is 11.2. The van der Waals surface area contributed by atoms with Crippen LogP contribution < -0.4 is 10.6 Å². The van der Waals surface area contributed by atoms with Crippen LogP contribution in [0.25, 0.3) is 0 Å². The zero-order chi connectivity index (χ0) is 21.9. The monoisotopic (exact) mass is 421 g/mol. The average molecular weight is 422 g/mol. The molecule has 2 saturated heterocycles. The SMILES string of the molecule is CCC1CCC2(CC1)NC(=O)N(CC(=O)N1CCN(CC(=O)NC(C)C)CC1)C2=O. The van der Waals surface area contributed by atoms with E-state index in [1.54, 1.807) is 4.90 Å². The number of urea groups is 1. The van der Waals surface area contributed by atoms with Gasteiger partial charge in [-0.1, -0.05) is 13.3 Å². The van der Waals surface area contributed by atoms with Crippen molar-refractivity contribution in [1.29, 1.82) is 0 Å². The van der Waals surface area contributed by atoms with Crippen molar-refractivity contribution in [2.75, 3.05) is 39.3 Å². The summed E-state index contributed by atoms with van der Waals surface area (Å²) in [7, 11) is 0. The third-order valence-electron chi connectivity index (χ3n) is 6.62. The largest absolute Gasteiger partial charge is 0.353 e. The third-order valence-corrected chi connectivity index (χ3v) is 6.62. The Hall–Kier alpha value is -2.16. The Morgan fingerprint density at radius 2 is 1.73 bits per heavy atom. The van der Waals surface area contributed by atoms with Gasteiger partial charge in [-0.05, 0) is 45.4 Å². The fourth-order valence-electron chi connectivity index (χ4n) is 4.70. The molecule has 0 unspecified atom stereocenters. The Bertz CT molecular complexity index is 679. The lowest BCUT2D eigenvalue weighted by Crippen LogP contribution is -2.54. The number of amides is 5. The molecule has 1 spiro atoms. The maximum atomic E-state index is 13.0. The maximum Gasteiger partial charge on any atom is 0.325 e. The van der Waals surface area contributed by atoms with Gasteiger partial charge >= 0.3 is 6.03 Å². The molecule has 9 heteroatoms. The normalized spacial score (nSPS) is 27.7. The summed E-state index contributed by atoms with van der Waals surface area (Å²) in [5, 5.41) is 5.75. The summed E-state index contributed by atoms with van der Waals surface area (Å²) < 4.78 is 0. The van der Waals surface area contributed by atoms with E-state index >= 15 is 0 Å². The molecule has 2 N–H and O–H groups in total. The molecule has 0 aromatic rings. The van der Waals surface area contributed by atoms with Crippen molar-refractivity contribution >= 4 is 23.8 Å². The highest BCUT2D eigenvalue weighted by Crippen LogP contribution is 2.37. The van der Waals surface area contributed by atoms with Gasteiger partial charge in [-0.2, -0.15) is 0 Å². The molecule has 3 aliphatic rings. The fourth-order valence-corrected chi connectivity index (χ4v) is 4.70. The molecule has 3 rings (SSSR count). The number of hydrogen-bond donors (Lipinski definition) is 2. The molecule has 1 saturated carbocycles. The van der Waals surface area contributed by atoms with Crippen LogP contribution in [0.3, 0.4) is 0 Å². The highest BCUT2D eigenvalue weighted by Gasteiger charge is 2.52. The first-order chi connectivity index (χ1) is 14.2. The van der Waals surface area contributed by atoms with E-state index in [9.17, 15) is 19.2 Å². The second kappa shape index (κ2) is 9.32. The zero-order valence-corrected chi connectivity index (χ0v) is 18.4. The van der Waals surface area contributed by atoms with Gasteiger partial charge < -0.3 is 15.5 Å². The number of piperazine rings is 1. The van der Waals surface area contributed by atoms with Crippen LogP contribution in [0.15, 0.2) is 0 Å². The Kier molecular flexibility index (Phi) is 7.00. The first-order valence-corrected chi connectivity index (χ1v) is 11.2. The van der Waals surface area contributed by atoms with E-state index in [1.807, 2.05) is 18.7 Å². The summed E-state index contributed by atoms with van der Waals surface area (Å²) in [5.41, 5.74) is -0.814. The highest BCUT2D eigenvalue weighted by molar-refractivity contribution is 6.09. The summed E-state index contributed by atoms with van der Waals surface area (Å²) in [5.74, 6) is 0.116. The molecule has 2 aliphatic heterocycles. The number of hydrogen-bond acceptors (Lipinski definition) is 5. The van der Waals surface area contributed by atoms with E-state index in [0.717, 1.165) is 24.2 Å². The molecule has 0 atom stereocenters. The highest BCUT2D eigenvalue weighted by atomic mass is 16.2. The number of imide groups is 1. The number of carbonyl (C=O) groups is 4. The second-order valence-electron chi connectivity index (χ2n) is 9.13. The summed E-state index contributed by atoms with van der Waals surface area (Å²) >= 11 is 0.